The van der Waals surface area contributed by atoms with Crippen LogP contribution in [0.5, 0.6) is 0 Å². The molecule has 2 fully saturated rings. The maximum Gasteiger partial charge on any atom is 0.311 e. The molecule has 1 saturated carbocycles. The summed E-state index contributed by atoms with van der Waals surface area (Å²) in [5, 5.41) is 16.4. The molecule has 1 heterocycles. The fourth-order valence-electron chi connectivity index (χ4n) is 6.82. The molecule has 0 aromatic heterocycles. The van der Waals surface area contributed by atoms with Gasteiger partial charge in [-0.25, -0.2) is 0 Å². The molecule has 2 N–H and O–H groups in total. The average Bonchev–Trinajstić information content (AvgIpc) is 3.22. The first-order valence-electron chi connectivity index (χ1n) is 10.2. The lowest BCUT2D eigenvalue weighted by atomic mass is 9.42. The van der Waals surface area contributed by atoms with Gasteiger partial charge >= 0.3 is 5.97 Å². The Morgan fingerprint density at radius 1 is 1.00 bits per heavy atom. The molecule has 3 aromatic rings. The van der Waals surface area contributed by atoms with Gasteiger partial charge in [0.25, 0.3) is 0 Å². The van der Waals surface area contributed by atoms with Gasteiger partial charge in [0.2, 0.25) is 0 Å². The molecule has 3 aromatic carbocycles. The monoisotopic (exact) mass is 405 g/mol. The highest BCUT2D eigenvalue weighted by Gasteiger charge is 2.68. The zero-order chi connectivity index (χ0) is 18.9. The molecular formula is C25H24ClNO2. The summed E-state index contributed by atoms with van der Waals surface area (Å²) in [5.41, 5.74) is 2.93. The van der Waals surface area contributed by atoms with Crippen molar-refractivity contribution in [1.29, 1.82) is 0 Å². The van der Waals surface area contributed by atoms with Crippen LogP contribution in [0.2, 0.25) is 0 Å². The average molecular weight is 406 g/mol. The summed E-state index contributed by atoms with van der Waals surface area (Å²) in [6, 6.07) is 23.8. The van der Waals surface area contributed by atoms with Crippen molar-refractivity contribution < 1.29 is 9.90 Å². The van der Waals surface area contributed by atoms with Crippen LogP contribution in [-0.2, 0) is 10.2 Å². The van der Waals surface area contributed by atoms with Crippen molar-refractivity contribution in [2.24, 2.45) is 11.3 Å². The largest absolute Gasteiger partial charge is 0.481 e. The van der Waals surface area contributed by atoms with Gasteiger partial charge in [-0.15, -0.1) is 12.4 Å². The van der Waals surface area contributed by atoms with Crippen molar-refractivity contribution in [3.8, 4) is 0 Å². The van der Waals surface area contributed by atoms with Crippen LogP contribution in [0.3, 0.4) is 0 Å². The van der Waals surface area contributed by atoms with Crippen LogP contribution in [-0.4, -0.2) is 24.2 Å². The van der Waals surface area contributed by atoms with Gasteiger partial charge in [-0.3, -0.25) is 4.79 Å². The van der Waals surface area contributed by atoms with Crippen molar-refractivity contribution in [3.05, 3.63) is 83.4 Å². The Bertz CT molecular complexity index is 1130. The minimum atomic E-state index is -0.710. The second-order valence-corrected chi connectivity index (χ2v) is 8.74. The normalized spacial score (nSPS) is 31.7. The second-order valence-electron chi connectivity index (χ2n) is 8.74. The van der Waals surface area contributed by atoms with Gasteiger partial charge in [0, 0.05) is 30.3 Å². The van der Waals surface area contributed by atoms with Crippen molar-refractivity contribution >= 4 is 29.1 Å². The van der Waals surface area contributed by atoms with Crippen LogP contribution in [0.4, 0.5) is 0 Å². The third-order valence-corrected chi connectivity index (χ3v) is 7.91. The van der Waals surface area contributed by atoms with Crippen molar-refractivity contribution in [3.63, 3.8) is 0 Å². The molecule has 0 radical (unpaired) electrons. The molecule has 1 aliphatic heterocycles. The van der Waals surface area contributed by atoms with Crippen LogP contribution < -0.4 is 5.32 Å². The Morgan fingerprint density at radius 3 is 2.59 bits per heavy atom. The number of nitrogens with one attached hydrogen (secondary N) is 1. The molecule has 4 unspecified atom stereocenters. The first kappa shape index (κ1) is 18.7. The Kier molecular flexibility index (Phi) is 4.06. The van der Waals surface area contributed by atoms with Crippen molar-refractivity contribution in [1.82, 2.24) is 5.32 Å². The molecule has 0 amide bonds. The van der Waals surface area contributed by atoms with E-state index in [9.17, 15) is 9.90 Å². The van der Waals surface area contributed by atoms with Crippen LogP contribution >= 0.6 is 12.4 Å². The molecule has 2 bridgehead atoms. The summed E-state index contributed by atoms with van der Waals surface area (Å²) in [6.45, 7) is 1.34. The number of hydrogen-bond donors (Lipinski definition) is 2. The van der Waals surface area contributed by atoms with Crippen LogP contribution in [0.25, 0.3) is 10.8 Å². The van der Waals surface area contributed by atoms with Gasteiger partial charge < -0.3 is 10.4 Å². The van der Waals surface area contributed by atoms with Gasteiger partial charge in [0.1, 0.15) is 0 Å². The smallest absolute Gasteiger partial charge is 0.311 e. The molecular weight excluding hydrogens is 382 g/mol. The zero-order valence-electron chi connectivity index (χ0n) is 16.1. The Morgan fingerprint density at radius 2 is 1.76 bits per heavy atom. The SMILES string of the molecule is Cl.O=C(O)C12CNCC1C1(c3ccc4ccccc4c3)CCC2c2ccccc21. The fourth-order valence-corrected chi connectivity index (χ4v) is 6.82. The number of benzene rings is 3. The molecule has 148 valence electrons. The van der Waals surface area contributed by atoms with E-state index in [0.29, 0.717) is 6.54 Å². The lowest BCUT2D eigenvalue weighted by Gasteiger charge is -2.59. The summed E-state index contributed by atoms with van der Waals surface area (Å²) in [5.74, 6) is -0.456. The highest BCUT2D eigenvalue weighted by Crippen LogP contribution is 2.67. The zero-order valence-corrected chi connectivity index (χ0v) is 16.9. The maximum absolute atomic E-state index is 12.7. The van der Waals surface area contributed by atoms with E-state index in [-0.39, 0.29) is 29.7 Å². The van der Waals surface area contributed by atoms with Crippen molar-refractivity contribution in [2.45, 2.75) is 24.2 Å². The molecule has 4 aliphatic rings. The van der Waals surface area contributed by atoms with Gasteiger partial charge in [0.15, 0.2) is 0 Å². The number of halogens is 1. The highest BCUT2D eigenvalue weighted by molar-refractivity contribution is 5.85. The lowest BCUT2D eigenvalue weighted by Crippen LogP contribution is -2.60. The Labute approximate surface area is 176 Å². The number of aliphatic carboxylic acids is 1. The maximum atomic E-state index is 12.7. The van der Waals surface area contributed by atoms with Gasteiger partial charge in [-0.1, -0.05) is 66.7 Å². The third kappa shape index (κ3) is 2.15. The van der Waals surface area contributed by atoms with Gasteiger partial charge in [0.05, 0.1) is 5.41 Å². The fraction of sp³-hybridized carbons (Fsp3) is 0.320. The molecule has 3 nitrogen and oxygen atoms in total. The molecule has 3 aliphatic carbocycles. The number of carboxylic acid groups (broad SMARTS) is 1. The van der Waals surface area contributed by atoms with E-state index >= 15 is 0 Å². The Balaban J connectivity index is 0.00000181. The van der Waals surface area contributed by atoms with Gasteiger partial charge in [-0.2, -0.15) is 0 Å². The lowest BCUT2D eigenvalue weighted by molar-refractivity contribution is -0.157. The summed E-state index contributed by atoms with van der Waals surface area (Å²) < 4.78 is 0. The van der Waals surface area contributed by atoms with E-state index in [0.717, 1.165) is 19.4 Å². The molecule has 1 saturated heterocycles. The summed E-state index contributed by atoms with van der Waals surface area (Å²) in [6.07, 6.45) is 1.96. The number of fused-ring (bicyclic) bond motifs is 2. The first-order chi connectivity index (χ1) is 13.7. The molecule has 4 heteroatoms. The predicted molar refractivity (Wildman–Crippen MR) is 117 cm³/mol. The van der Waals surface area contributed by atoms with Crippen LogP contribution in [0.15, 0.2) is 66.7 Å². The number of carbonyl (C=O) groups is 1. The molecule has 29 heavy (non-hydrogen) atoms. The first-order valence-corrected chi connectivity index (χ1v) is 10.2. The predicted octanol–water partition coefficient (Wildman–Crippen LogP) is 4.73. The summed E-state index contributed by atoms with van der Waals surface area (Å²) >= 11 is 0. The second kappa shape index (κ2) is 6.32. The summed E-state index contributed by atoms with van der Waals surface area (Å²) in [7, 11) is 0. The van der Waals surface area contributed by atoms with Crippen molar-refractivity contribution in [2.75, 3.05) is 13.1 Å². The Hall–Kier alpha value is -2.36. The van der Waals surface area contributed by atoms with Gasteiger partial charge in [-0.05, 0) is 40.3 Å². The number of hydrogen-bond acceptors (Lipinski definition) is 2. The standard InChI is InChI=1S/C25H23NO2.ClH/c27-23(28)25-15-26-14-22(25)24(12-11-21(25)19-7-3-4-8-20(19)24)18-10-9-16-5-1-2-6-17(16)13-18;/h1-10,13,21-22,26H,11-12,14-15H2,(H,27,28);1H. The molecule has 0 spiro atoms. The third-order valence-electron chi connectivity index (χ3n) is 7.91. The minimum absolute atomic E-state index is 0. The van der Waals surface area contributed by atoms with E-state index in [1.165, 1.54) is 27.5 Å². The minimum Gasteiger partial charge on any atom is -0.481 e. The number of rotatable bonds is 2. The van der Waals surface area contributed by atoms with E-state index < -0.39 is 11.4 Å². The summed E-state index contributed by atoms with van der Waals surface area (Å²) in [4.78, 5) is 12.7. The van der Waals surface area contributed by atoms with E-state index in [2.05, 4.69) is 72.0 Å². The van der Waals surface area contributed by atoms with Crippen LogP contribution in [0.1, 0.15) is 35.4 Å². The quantitative estimate of drug-likeness (QED) is 0.648. The van der Waals surface area contributed by atoms with Crippen LogP contribution in [0, 0.1) is 11.3 Å². The van der Waals surface area contributed by atoms with E-state index in [1.54, 1.807) is 0 Å². The van der Waals surface area contributed by atoms with E-state index in [4.69, 9.17) is 0 Å². The highest BCUT2D eigenvalue weighted by atomic mass is 35.5. The molecule has 7 rings (SSSR count). The van der Waals surface area contributed by atoms with E-state index in [1.807, 2.05) is 0 Å². The topological polar surface area (TPSA) is 49.3 Å². The number of carboxylic acids is 1. The molecule has 4 atom stereocenters.